The van der Waals surface area contributed by atoms with Crippen LogP contribution in [0.3, 0.4) is 0 Å². The van der Waals surface area contributed by atoms with E-state index in [-0.39, 0.29) is 36.5 Å². The number of unbranched alkanes of at least 4 members (excludes halogenated alkanes) is 6. The molecule has 1 saturated heterocycles. The van der Waals surface area contributed by atoms with Gasteiger partial charge in [-0.2, -0.15) is 0 Å². The van der Waals surface area contributed by atoms with Gasteiger partial charge in [0.1, 0.15) is 12.1 Å². The van der Waals surface area contributed by atoms with Crippen LogP contribution in [0.4, 0.5) is 0 Å². The summed E-state index contributed by atoms with van der Waals surface area (Å²) in [6.07, 6.45) is 10.00. The van der Waals surface area contributed by atoms with E-state index in [1.54, 1.807) is 0 Å². The van der Waals surface area contributed by atoms with Gasteiger partial charge in [0.2, 0.25) is 29.5 Å². The van der Waals surface area contributed by atoms with Crippen LogP contribution >= 0.6 is 0 Å². The second kappa shape index (κ2) is 22.2. The Labute approximate surface area is 293 Å². The van der Waals surface area contributed by atoms with E-state index in [0.717, 1.165) is 51.4 Å². The lowest BCUT2D eigenvalue weighted by Crippen LogP contribution is -2.56. The second-order valence-corrected chi connectivity index (χ2v) is 14.6. The zero-order chi connectivity index (χ0) is 36.4. The van der Waals surface area contributed by atoms with Crippen LogP contribution in [0.2, 0.25) is 0 Å². The van der Waals surface area contributed by atoms with Crippen molar-refractivity contribution in [2.75, 3.05) is 26.1 Å². The van der Waals surface area contributed by atoms with Crippen LogP contribution in [0.25, 0.3) is 0 Å². The molecule has 0 radical (unpaired) electrons. The smallest absolute Gasteiger partial charge is 0.405 e. The fraction of sp³-hybridized carbons (Fsp3) is 0.853. The van der Waals surface area contributed by atoms with Crippen molar-refractivity contribution in [2.45, 2.75) is 148 Å². The number of carbonyl (C=O) groups excluding carboxylic acids is 5. The summed E-state index contributed by atoms with van der Waals surface area (Å²) in [5.74, 6) is -2.37. The minimum atomic E-state index is -1.35. The number of nitrogens with two attached hydrogens (primary N) is 1. The monoisotopic (exact) mass is 694 g/mol. The summed E-state index contributed by atoms with van der Waals surface area (Å²) in [5, 5.41) is 23.0. The Balaban J connectivity index is 1.81. The van der Waals surface area contributed by atoms with Crippen molar-refractivity contribution in [3.05, 3.63) is 0 Å². The van der Waals surface area contributed by atoms with Crippen molar-refractivity contribution in [1.82, 2.24) is 26.6 Å². The van der Waals surface area contributed by atoms with Crippen molar-refractivity contribution in [1.29, 1.82) is 0 Å². The molecule has 1 saturated carbocycles. The van der Waals surface area contributed by atoms with Crippen LogP contribution in [0.1, 0.15) is 118 Å². The van der Waals surface area contributed by atoms with Crippen molar-refractivity contribution in [2.24, 2.45) is 17.1 Å². The van der Waals surface area contributed by atoms with E-state index in [2.05, 4.69) is 54.3 Å². The van der Waals surface area contributed by atoms with E-state index in [0.29, 0.717) is 38.1 Å². The molecule has 8 N–H and O–H groups in total. The van der Waals surface area contributed by atoms with Gasteiger partial charge >= 0.3 is 7.12 Å². The third-order valence-electron chi connectivity index (χ3n) is 9.26. The highest BCUT2D eigenvalue weighted by Gasteiger charge is 2.48. The lowest BCUT2D eigenvalue weighted by atomic mass is 9.70. The zero-order valence-corrected chi connectivity index (χ0v) is 30.4. The average molecular weight is 695 g/mol. The number of amides is 5. The first-order valence-corrected chi connectivity index (χ1v) is 18.4. The summed E-state index contributed by atoms with van der Waals surface area (Å²) in [6, 6.07) is -2.23. The Hall–Kier alpha value is -2.75. The summed E-state index contributed by atoms with van der Waals surface area (Å²) in [5.41, 5.74) is 5.71. The number of rotatable bonds is 22. The van der Waals surface area contributed by atoms with Gasteiger partial charge in [0.05, 0.1) is 37.8 Å². The SMILES string of the molecule is CCCCCCCCC(=O)NCC(=O)NC(C(=O)NCC(=O)NC(CCCCN)C(=O)NCB1OC2CCCC(C(C)(C)C)C2O1)C(C)O. The van der Waals surface area contributed by atoms with Gasteiger partial charge in [0, 0.05) is 6.42 Å². The molecular weight excluding hydrogens is 631 g/mol. The second-order valence-electron chi connectivity index (χ2n) is 14.6. The van der Waals surface area contributed by atoms with Crippen molar-refractivity contribution in [3.63, 3.8) is 0 Å². The Morgan fingerprint density at radius 3 is 2.18 bits per heavy atom. The zero-order valence-electron chi connectivity index (χ0n) is 30.4. The van der Waals surface area contributed by atoms with Crippen LogP contribution in [0.15, 0.2) is 0 Å². The Kier molecular flexibility index (Phi) is 19.2. The number of hydrogen-bond acceptors (Lipinski definition) is 9. The van der Waals surface area contributed by atoms with Gasteiger partial charge in [-0.15, -0.1) is 0 Å². The van der Waals surface area contributed by atoms with E-state index in [4.69, 9.17) is 15.0 Å². The predicted octanol–water partition coefficient (Wildman–Crippen LogP) is 1.22. The number of nitrogens with one attached hydrogen (secondary N) is 5. The Morgan fingerprint density at radius 2 is 1.51 bits per heavy atom. The maximum atomic E-state index is 13.2. The maximum absolute atomic E-state index is 13.2. The third-order valence-corrected chi connectivity index (χ3v) is 9.26. The van der Waals surface area contributed by atoms with E-state index >= 15 is 0 Å². The number of hydrogen-bond donors (Lipinski definition) is 7. The standard InChI is InChI=1S/C34H63BN6O8/c1-6-7-8-9-10-11-18-27(43)37-20-29(45)41-30(23(2)42)33(47)38-21-28(44)40-25(16-12-13-19-36)32(46)39-22-35-48-26-17-14-15-24(31(26)49-35)34(3,4)5/h23-26,30-31,42H,6-22,36H2,1-5H3,(H,37,43)(H,38,47)(H,39,46)(H,40,44)(H,41,45). The normalized spacial score (nSPS) is 20.8. The molecule has 1 heterocycles. The molecule has 6 atom stereocenters. The van der Waals surface area contributed by atoms with Crippen LogP contribution in [-0.2, 0) is 33.3 Å². The lowest BCUT2D eigenvalue weighted by Gasteiger charge is -2.40. The molecule has 15 heteroatoms. The fourth-order valence-corrected chi connectivity index (χ4v) is 6.43. The topological polar surface area (TPSA) is 210 Å². The molecule has 2 rings (SSSR count). The van der Waals surface area contributed by atoms with Gasteiger partial charge < -0.3 is 46.7 Å². The molecule has 2 aliphatic rings. The first-order valence-electron chi connectivity index (χ1n) is 18.4. The molecule has 5 amide bonds. The largest absolute Gasteiger partial charge is 0.478 e. The highest BCUT2D eigenvalue weighted by molar-refractivity contribution is 6.45. The van der Waals surface area contributed by atoms with Crippen LogP contribution in [0.5, 0.6) is 0 Å². The van der Waals surface area contributed by atoms with E-state index in [1.807, 2.05) is 0 Å². The van der Waals surface area contributed by atoms with E-state index in [1.165, 1.54) is 13.3 Å². The number of fused-ring (bicyclic) bond motifs is 1. The third kappa shape index (κ3) is 15.8. The molecule has 49 heavy (non-hydrogen) atoms. The molecule has 6 unspecified atom stereocenters. The average Bonchev–Trinajstić information content (AvgIpc) is 3.48. The van der Waals surface area contributed by atoms with E-state index < -0.39 is 55.5 Å². The number of aliphatic hydroxyl groups is 1. The van der Waals surface area contributed by atoms with Gasteiger partial charge in [0.25, 0.3) is 0 Å². The van der Waals surface area contributed by atoms with Crippen LogP contribution in [0, 0.1) is 11.3 Å². The molecule has 0 aromatic carbocycles. The predicted molar refractivity (Wildman–Crippen MR) is 188 cm³/mol. The summed E-state index contributed by atoms with van der Waals surface area (Å²) in [4.78, 5) is 63.3. The molecule has 2 fully saturated rings. The van der Waals surface area contributed by atoms with Gasteiger partial charge in [0.15, 0.2) is 0 Å². The highest BCUT2D eigenvalue weighted by Crippen LogP contribution is 2.43. The quantitative estimate of drug-likeness (QED) is 0.0641. The van der Waals surface area contributed by atoms with Gasteiger partial charge in [-0.05, 0) is 63.3 Å². The summed E-state index contributed by atoms with van der Waals surface area (Å²) in [6.45, 7) is 9.69. The Bertz CT molecular complexity index is 1060. The van der Waals surface area contributed by atoms with Crippen LogP contribution < -0.4 is 32.3 Å². The van der Waals surface area contributed by atoms with Crippen molar-refractivity contribution < 1.29 is 38.4 Å². The van der Waals surface area contributed by atoms with Gasteiger partial charge in [-0.1, -0.05) is 66.2 Å². The molecule has 1 aliphatic heterocycles. The molecule has 1 aliphatic carbocycles. The Morgan fingerprint density at radius 1 is 0.837 bits per heavy atom. The summed E-state index contributed by atoms with van der Waals surface area (Å²) in [7, 11) is -0.581. The number of carbonyl (C=O) groups is 5. The first-order chi connectivity index (χ1) is 23.3. The lowest BCUT2D eigenvalue weighted by molar-refractivity contribution is -0.133. The maximum Gasteiger partial charge on any atom is 0.478 e. The molecule has 280 valence electrons. The fourth-order valence-electron chi connectivity index (χ4n) is 6.43. The van der Waals surface area contributed by atoms with E-state index in [9.17, 15) is 29.1 Å². The molecule has 0 spiro atoms. The van der Waals surface area contributed by atoms with Crippen LogP contribution in [-0.4, -0.2) is 98.2 Å². The molecule has 0 bridgehead atoms. The molecule has 14 nitrogen and oxygen atoms in total. The minimum Gasteiger partial charge on any atom is -0.405 e. The van der Waals surface area contributed by atoms with Gasteiger partial charge in [-0.3, -0.25) is 24.0 Å². The van der Waals surface area contributed by atoms with Crippen molar-refractivity contribution in [3.8, 4) is 0 Å². The summed E-state index contributed by atoms with van der Waals surface area (Å²) < 4.78 is 12.4. The summed E-state index contributed by atoms with van der Waals surface area (Å²) >= 11 is 0. The minimum absolute atomic E-state index is 0.00699. The molecule has 0 aromatic heterocycles. The molecular formula is C34H63BN6O8. The highest BCUT2D eigenvalue weighted by atomic mass is 16.7. The molecule has 0 aromatic rings. The number of aliphatic hydroxyl groups excluding tert-OH is 1. The van der Waals surface area contributed by atoms with Crippen molar-refractivity contribution >= 4 is 36.7 Å². The first kappa shape index (κ1) is 42.4. The van der Waals surface area contributed by atoms with Gasteiger partial charge in [-0.25, -0.2) is 0 Å².